The molecule has 2 heterocycles. The predicted molar refractivity (Wildman–Crippen MR) is 115 cm³/mol. The van der Waals surface area contributed by atoms with E-state index >= 15 is 0 Å². The van der Waals surface area contributed by atoms with E-state index in [1.165, 1.54) is 7.11 Å². The van der Waals surface area contributed by atoms with Crippen LogP contribution in [0.2, 0.25) is 5.02 Å². The predicted octanol–water partition coefficient (Wildman–Crippen LogP) is 2.64. The Hall–Kier alpha value is -2.22. The molecular formula is C21H29ClN4O3. The topological polar surface area (TPSA) is 81.7 Å². The highest BCUT2D eigenvalue weighted by Crippen LogP contribution is 2.29. The van der Waals surface area contributed by atoms with Gasteiger partial charge in [-0.3, -0.25) is 4.79 Å². The Labute approximate surface area is 176 Å². The van der Waals surface area contributed by atoms with E-state index in [1.54, 1.807) is 19.2 Å². The van der Waals surface area contributed by atoms with E-state index in [9.17, 15) is 4.79 Å². The highest BCUT2D eigenvalue weighted by atomic mass is 35.5. The minimum absolute atomic E-state index is 0.0745. The summed E-state index contributed by atoms with van der Waals surface area (Å²) in [5, 5.41) is 3.41. The summed E-state index contributed by atoms with van der Waals surface area (Å²) in [4.78, 5) is 15.2. The molecule has 29 heavy (non-hydrogen) atoms. The molecule has 1 aliphatic rings. The number of benzene rings is 1. The number of amides is 1. The number of carbonyl (C=O) groups excluding carboxylic acids is 1. The third-order valence-electron chi connectivity index (χ3n) is 5.38. The number of methoxy groups -OCH3 is 2. The Morgan fingerprint density at radius 3 is 2.72 bits per heavy atom. The highest BCUT2D eigenvalue weighted by molar-refractivity contribution is 6.33. The minimum Gasteiger partial charge on any atom is -0.496 e. The summed E-state index contributed by atoms with van der Waals surface area (Å²) in [5.74, 6) is 0.165. The molecule has 1 aromatic carbocycles. The number of nitrogens with zero attached hydrogens (tertiary/aromatic N) is 2. The zero-order valence-electron chi connectivity index (χ0n) is 16.9. The van der Waals surface area contributed by atoms with Crippen molar-refractivity contribution in [3.63, 3.8) is 0 Å². The fraction of sp³-hybridized carbons (Fsp3) is 0.476. The van der Waals surface area contributed by atoms with Crippen LogP contribution >= 0.6 is 11.6 Å². The van der Waals surface area contributed by atoms with Crippen molar-refractivity contribution in [2.24, 2.45) is 0 Å². The first-order chi connectivity index (χ1) is 14.0. The number of nitrogens with two attached hydrogens (primary N) is 1. The van der Waals surface area contributed by atoms with E-state index in [-0.39, 0.29) is 18.1 Å². The molecule has 3 rings (SSSR count). The maximum atomic E-state index is 12.8. The molecule has 7 nitrogen and oxygen atoms in total. The summed E-state index contributed by atoms with van der Waals surface area (Å²) >= 11 is 6.10. The molecule has 1 fully saturated rings. The molecule has 0 saturated carbocycles. The number of rotatable bonds is 8. The fourth-order valence-electron chi connectivity index (χ4n) is 3.75. The molecule has 0 bridgehead atoms. The Bertz CT molecular complexity index is 813. The number of halogens is 1. The lowest BCUT2D eigenvalue weighted by Crippen LogP contribution is -2.55. The van der Waals surface area contributed by atoms with Gasteiger partial charge in [0.1, 0.15) is 5.75 Å². The number of piperidine rings is 1. The number of aryl methyl sites for hydroxylation is 1. The van der Waals surface area contributed by atoms with Gasteiger partial charge in [-0.25, -0.2) is 0 Å². The van der Waals surface area contributed by atoms with Crippen LogP contribution in [0.5, 0.6) is 5.75 Å². The smallest absolute Gasteiger partial charge is 0.255 e. The quantitative estimate of drug-likeness (QED) is 0.641. The monoisotopic (exact) mass is 420 g/mol. The standard InChI is InChI=1S/C21H29ClN4O3/c1-28-19-13-17(23)16(22)12-15(19)21(27)24-18-6-11-26(14-20(18)29-2)10-5-9-25-7-3-4-8-25/h3-4,7-8,12-13,18,20H,5-6,9-11,14,23H2,1-2H3,(H,24,27)/t18-,20+/m1/s1. The van der Waals surface area contributed by atoms with Crippen LogP contribution in [-0.2, 0) is 11.3 Å². The van der Waals surface area contributed by atoms with Gasteiger partial charge in [0.25, 0.3) is 5.91 Å². The third kappa shape index (κ3) is 5.44. The Morgan fingerprint density at radius 2 is 2.03 bits per heavy atom. The van der Waals surface area contributed by atoms with Gasteiger partial charge in [0.15, 0.2) is 0 Å². The molecule has 0 unspecified atom stereocenters. The van der Waals surface area contributed by atoms with Gasteiger partial charge in [-0.05, 0) is 37.6 Å². The molecule has 1 aliphatic heterocycles. The van der Waals surface area contributed by atoms with Gasteiger partial charge in [0, 0.05) is 45.2 Å². The number of nitrogen functional groups attached to an aromatic ring is 1. The molecule has 0 radical (unpaired) electrons. The fourth-order valence-corrected chi connectivity index (χ4v) is 3.91. The van der Waals surface area contributed by atoms with Gasteiger partial charge in [0.05, 0.1) is 35.5 Å². The molecule has 158 valence electrons. The third-order valence-corrected chi connectivity index (χ3v) is 5.71. The SMILES string of the molecule is COc1cc(N)c(Cl)cc1C(=O)N[C@@H]1CCN(CCCn2cccc2)C[C@@H]1OC. The molecule has 2 aromatic rings. The molecule has 1 aromatic heterocycles. The molecular weight excluding hydrogens is 392 g/mol. The van der Waals surface area contributed by atoms with Crippen LogP contribution in [0.4, 0.5) is 5.69 Å². The number of carbonyl (C=O) groups is 1. The first-order valence-electron chi connectivity index (χ1n) is 9.81. The van der Waals surface area contributed by atoms with Crippen LogP contribution in [0.3, 0.4) is 0 Å². The molecule has 8 heteroatoms. The maximum Gasteiger partial charge on any atom is 0.255 e. The Morgan fingerprint density at radius 1 is 1.28 bits per heavy atom. The van der Waals surface area contributed by atoms with E-state index in [2.05, 4.69) is 27.2 Å². The number of aromatic nitrogens is 1. The van der Waals surface area contributed by atoms with Gasteiger partial charge < -0.3 is 30.0 Å². The first kappa shape index (κ1) is 21.5. The number of hydrogen-bond donors (Lipinski definition) is 2. The number of likely N-dealkylation sites (tertiary alicyclic amines) is 1. The zero-order chi connectivity index (χ0) is 20.8. The number of ether oxygens (including phenoxy) is 2. The second-order valence-electron chi connectivity index (χ2n) is 7.29. The van der Waals surface area contributed by atoms with Gasteiger partial charge in [-0.15, -0.1) is 0 Å². The zero-order valence-corrected chi connectivity index (χ0v) is 17.7. The normalized spacial score (nSPS) is 19.8. The molecule has 2 atom stereocenters. The van der Waals surface area contributed by atoms with Crippen LogP contribution in [0, 0.1) is 0 Å². The van der Waals surface area contributed by atoms with Crippen LogP contribution in [0.15, 0.2) is 36.7 Å². The Kier molecular flexibility index (Phi) is 7.41. The summed E-state index contributed by atoms with van der Waals surface area (Å²) in [6.45, 7) is 3.70. The van der Waals surface area contributed by atoms with E-state index < -0.39 is 0 Å². The van der Waals surface area contributed by atoms with Gasteiger partial charge in [0.2, 0.25) is 0 Å². The number of nitrogens with one attached hydrogen (secondary N) is 1. The van der Waals surface area contributed by atoms with Gasteiger partial charge in [-0.2, -0.15) is 0 Å². The van der Waals surface area contributed by atoms with Crippen molar-refractivity contribution < 1.29 is 14.3 Å². The lowest BCUT2D eigenvalue weighted by Gasteiger charge is -2.38. The van der Waals surface area contributed by atoms with Crippen LogP contribution in [-0.4, -0.2) is 61.4 Å². The molecule has 1 saturated heterocycles. The van der Waals surface area contributed by atoms with Crippen molar-refractivity contribution >= 4 is 23.2 Å². The van der Waals surface area contributed by atoms with E-state index in [0.717, 1.165) is 39.0 Å². The van der Waals surface area contributed by atoms with E-state index in [1.807, 2.05) is 12.1 Å². The van der Waals surface area contributed by atoms with Gasteiger partial charge >= 0.3 is 0 Å². The summed E-state index contributed by atoms with van der Waals surface area (Å²) in [7, 11) is 3.19. The summed E-state index contributed by atoms with van der Waals surface area (Å²) in [5.41, 5.74) is 6.56. The van der Waals surface area contributed by atoms with Crippen molar-refractivity contribution in [2.75, 3.05) is 39.6 Å². The molecule has 3 N–H and O–H groups in total. The van der Waals surface area contributed by atoms with Crippen LogP contribution < -0.4 is 15.8 Å². The summed E-state index contributed by atoms with van der Waals surface area (Å²) in [6, 6.07) is 7.12. The number of anilines is 1. The Balaban J connectivity index is 1.56. The first-order valence-corrected chi connectivity index (χ1v) is 10.2. The second-order valence-corrected chi connectivity index (χ2v) is 7.70. The summed E-state index contributed by atoms with van der Waals surface area (Å²) in [6.07, 6.45) is 5.98. The van der Waals surface area contributed by atoms with Crippen molar-refractivity contribution in [1.29, 1.82) is 0 Å². The lowest BCUT2D eigenvalue weighted by atomic mass is 10.0. The van der Waals surface area contributed by atoms with Gasteiger partial charge in [-0.1, -0.05) is 11.6 Å². The van der Waals surface area contributed by atoms with Crippen LogP contribution in [0.1, 0.15) is 23.2 Å². The molecule has 1 amide bonds. The average Bonchev–Trinajstić information content (AvgIpc) is 3.24. The second kappa shape index (κ2) is 10.0. The summed E-state index contributed by atoms with van der Waals surface area (Å²) < 4.78 is 13.2. The maximum absolute atomic E-state index is 12.8. The minimum atomic E-state index is -0.239. The molecule has 0 spiro atoms. The van der Waals surface area contributed by atoms with Crippen LogP contribution in [0.25, 0.3) is 0 Å². The lowest BCUT2D eigenvalue weighted by molar-refractivity contribution is 0.00585. The van der Waals surface area contributed by atoms with Crippen molar-refractivity contribution in [3.8, 4) is 5.75 Å². The molecule has 0 aliphatic carbocycles. The number of hydrogen-bond acceptors (Lipinski definition) is 5. The van der Waals surface area contributed by atoms with E-state index in [4.69, 9.17) is 26.8 Å². The highest BCUT2D eigenvalue weighted by Gasteiger charge is 2.31. The van der Waals surface area contributed by atoms with E-state index in [0.29, 0.717) is 22.0 Å². The average molecular weight is 421 g/mol. The van der Waals surface area contributed by atoms with Crippen molar-refractivity contribution in [1.82, 2.24) is 14.8 Å². The van der Waals surface area contributed by atoms with Crippen molar-refractivity contribution in [3.05, 3.63) is 47.2 Å². The van der Waals surface area contributed by atoms with Crippen molar-refractivity contribution in [2.45, 2.75) is 31.5 Å². The largest absolute Gasteiger partial charge is 0.496 e.